The van der Waals surface area contributed by atoms with E-state index in [0.717, 1.165) is 0 Å². The van der Waals surface area contributed by atoms with Crippen molar-refractivity contribution in [3.8, 4) is 0 Å². The molecular formula is C6H14N2. The summed E-state index contributed by atoms with van der Waals surface area (Å²) in [4.78, 5) is 0. The second kappa shape index (κ2) is 9.51. The van der Waals surface area contributed by atoms with Gasteiger partial charge in [-0.25, -0.2) is 0 Å². The van der Waals surface area contributed by atoms with Crippen molar-refractivity contribution in [2.75, 3.05) is 0 Å². The first-order valence-electron chi connectivity index (χ1n) is 2.74. The van der Waals surface area contributed by atoms with E-state index in [-0.39, 0.29) is 5.84 Å². The van der Waals surface area contributed by atoms with Crippen LogP contribution >= 0.6 is 0 Å². The van der Waals surface area contributed by atoms with Gasteiger partial charge in [0.1, 0.15) is 5.84 Å². The third kappa shape index (κ3) is 18.9. The molecule has 0 fully saturated rings. The highest BCUT2D eigenvalue weighted by Gasteiger charge is 1.66. The Labute approximate surface area is 50.9 Å². The second-order valence-electron chi connectivity index (χ2n) is 0.955. The molecule has 0 amide bonds. The third-order valence-electron chi connectivity index (χ3n) is 0.346. The van der Waals surface area contributed by atoms with Gasteiger partial charge in [0.2, 0.25) is 0 Å². The van der Waals surface area contributed by atoms with Crippen LogP contribution in [0.15, 0.2) is 12.2 Å². The molecule has 0 spiro atoms. The van der Waals surface area contributed by atoms with E-state index in [0.29, 0.717) is 0 Å². The predicted molar refractivity (Wildman–Crippen MR) is 38.1 cm³/mol. The van der Waals surface area contributed by atoms with Gasteiger partial charge in [-0.3, -0.25) is 5.41 Å². The van der Waals surface area contributed by atoms with Crippen LogP contribution in [0.25, 0.3) is 0 Å². The fraction of sp³-hybridized carbons (Fsp3) is 0.500. The number of nitrogens with one attached hydrogen (secondary N) is 1. The summed E-state index contributed by atoms with van der Waals surface area (Å²) < 4.78 is 0. The molecule has 48 valence electrons. The molecule has 0 bridgehead atoms. The second-order valence-corrected chi connectivity index (χ2v) is 0.955. The molecule has 0 heterocycles. The van der Waals surface area contributed by atoms with Gasteiger partial charge in [-0.05, 0) is 13.0 Å². The summed E-state index contributed by atoms with van der Waals surface area (Å²) in [7, 11) is 0. The SMILES string of the molecule is C/C=C\C(=N)N.CC. The first kappa shape index (κ1) is 10.2. The van der Waals surface area contributed by atoms with E-state index in [1.165, 1.54) is 6.08 Å². The van der Waals surface area contributed by atoms with Crippen LogP contribution < -0.4 is 5.73 Å². The quantitative estimate of drug-likeness (QED) is 0.394. The van der Waals surface area contributed by atoms with Crippen LogP contribution in [0.2, 0.25) is 0 Å². The Balaban J connectivity index is 0. The molecule has 0 aromatic carbocycles. The zero-order chi connectivity index (χ0) is 6.99. The summed E-state index contributed by atoms with van der Waals surface area (Å²) in [6.07, 6.45) is 3.25. The van der Waals surface area contributed by atoms with Crippen molar-refractivity contribution in [2.45, 2.75) is 20.8 Å². The van der Waals surface area contributed by atoms with Gasteiger partial charge in [-0.2, -0.15) is 0 Å². The minimum absolute atomic E-state index is 0.109. The van der Waals surface area contributed by atoms with Gasteiger partial charge in [-0.15, -0.1) is 0 Å². The lowest BCUT2D eigenvalue weighted by Gasteiger charge is -1.75. The highest BCUT2D eigenvalue weighted by atomic mass is 14.7. The summed E-state index contributed by atoms with van der Waals surface area (Å²) in [6, 6.07) is 0. The molecule has 0 aromatic rings. The van der Waals surface area contributed by atoms with E-state index in [1.54, 1.807) is 6.08 Å². The lowest BCUT2D eigenvalue weighted by Crippen LogP contribution is -2.03. The average molecular weight is 114 g/mol. The monoisotopic (exact) mass is 114 g/mol. The maximum atomic E-state index is 6.59. The normalized spacial score (nSPS) is 7.88. The molecule has 0 aliphatic heterocycles. The highest BCUT2D eigenvalue weighted by molar-refractivity contribution is 5.88. The minimum Gasteiger partial charge on any atom is -0.384 e. The molecule has 0 aliphatic rings. The summed E-state index contributed by atoms with van der Waals surface area (Å²) in [6.45, 7) is 5.82. The molecule has 0 unspecified atom stereocenters. The standard InChI is InChI=1S/C4H8N2.C2H6/c1-2-3-4(5)6;1-2/h2-3H,1H3,(H3,5,6);1-2H3/b3-2-;. The van der Waals surface area contributed by atoms with Crippen LogP contribution in [0.4, 0.5) is 0 Å². The van der Waals surface area contributed by atoms with Gasteiger partial charge in [0.25, 0.3) is 0 Å². The topological polar surface area (TPSA) is 49.9 Å². The van der Waals surface area contributed by atoms with E-state index in [9.17, 15) is 0 Å². The molecule has 0 aliphatic carbocycles. The smallest absolute Gasteiger partial charge is 0.114 e. The van der Waals surface area contributed by atoms with Crippen LogP contribution in [0.3, 0.4) is 0 Å². The van der Waals surface area contributed by atoms with Crippen molar-refractivity contribution < 1.29 is 0 Å². The Hall–Kier alpha value is -0.790. The van der Waals surface area contributed by atoms with Crippen molar-refractivity contribution in [2.24, 2.45) is 5.73 Å². The van der Waals surface area contributed by atoms with Crippen LogP contribution in [0.1, 0.15) is 20.8 Å². The molecule has 2 nitrogen and oxygen atoms in total. The van der Waals surface area contributed by atoms with Gasteiger partial charge in [0.15, 0.2) is 0 Å². The minimum atomic E-state index is 0.109. The lowest BCUT2D eigenvalue weighted by molar-refractivity contribution is 1.46. The molecule has 0 atom stereocenters. The maximum absolute atomic E-state index is 6.59. The highest BCUT2D eigenvalue weighted by Crippen LogP contribution is 1.62. The van der Waals surface area contributed by atoms with Crippen molar-refractivity contribution in [1.29, 1.82) is 5.41 Å². The molecule has 0 saturated heterocycles. The summed E-state index contributed by atoms with van der Waals surface area (Å²) in [5.41, 5.74) is 4.90. The Bertz CT molecular complexity index is 74.6. The summed E-state index contributed by atoms with van der Waals surface area (Å²) >= 11 is 0. The molecule has 2 heteroatoms. The lowest BCUT2D eigenvalue weighted by atomic mass is 10.5. The van der Waals surface area contributed by atoms with Crippen LogP contribution in [-0.4, -0.2) is 5.84 Å². The van der Waals surface area contributed by atoms with Crippen LogP contribution in [0.5, 0.6) is 0 Å². The molecular weight excluding hydrogens is 100 g/mol. The van der Waals surface area contributed by atoms with Crippen molar-refractivity contribution in [3.63, 3.8) is 0 Å². The zero-order valence-corrected chi connectivity index (χ0v) is 5.73. The Morgan fingerprint density at radius 2 is 1.88 bits per heavy atom. The van der Waals surface area contributed by atoms with E-state index >= 15 is 0 Å². The fourth-order valence-electron chi connectivity index (χ4n) is 0.180. The van der Waals surface area contributed by atoms with Gasteiger partial charge in [-0.1, -0.05) is 19.9 Å². The van der Waals surface area contributed by atoms with E-state index < -0.39 is 0 Å². The Morgan fingerprint density at radius 3 is 1.88 bits per heavy atom. The van der Waals surface area contributed by atoms with Crippen molar-refractivity contribution in [3.05, 3.63) is 12.2 Å². The van der Waals surface area contributed by atoms with Gasteiger partial charge in [0, 0.05) is 0 Å². The zero-order valence-electron chi connectivity index (χ0n) is 5.73. The number of hydrogen-bond donors (Lipinski definition) is 2. The van der Waals surface area contributed by atoms with Crippen molar-refractivity contribution in [1.82, 2.24) is 0 Å². The Morgan fingerprint density at radius 1 is 1.50 bits per heavy atom. The van der Waals surface area contributed by atoms with Gasteiger partial charge < -0.3 is 5.73 Å². The first-order valence-corrected chi connectivity index (χ1v) is 2.74. The van der Waals surface area contributed by atoms with Crippen LogP contribution in [-0.2, 0) is 0 Å². The average Bonchev–Trinajstić information content (AvgIpc) is 1.72. The van der Waals surface area contributed by atoms with E-state index in [4.69, 9.17) is 11.1 Å². The largest absolute Gasteiger partial charge is 0.384 e. The summed E-state index contributed by atoms with van der Waals surface area (Å²) in [5.74, 6) is 0.109. The maximum Gasteiger partial charge on any atom is 0.114 e. The molecule has 3 N–H and O–H groups in total. The van der Waals surface area contributed by atoms with Gasteiger partial charge >= 0.3 is 0 Å². The number of allylic oxidation sites excluding steroid dienone is 1. The Kier molecular flexibility index (Phi) is 12.2. The van der Waals surface area contributed by atoms with Gasteiger partial charge in [0.05, 0.1) is 0 Å². The molecule has 8 heavy (non-hydrogen) atoms. The predicted octanol–water partition coefficient (Wildman–Crippen LogP) is 1.52. The number of rotatable bonds is 1. The number of hydrogen-bond acceptors (Lipinski definition) is 1. The summed E-state index contributed by atoms with van der Waals surface area (Å²) in [5, 5.41) is 6.59. The molecule has 0 radical (unpaired) electrons. The van der Waals surface area contributed by atoms with E-state index in [2.05, 4.69) is 0 Å². The number of nitrogens with two attached hydrogens (primary N) is 1. The van der Waals surface area contributed by atoms with Crippen LogP contribution in [0, 0.1) is 5.41 Å². The number of amidine groups is 1. The molecule has 0 rings (SSSR count). The van der Waals surface area contributed by atoms with Crippen molar-refractivity contribution >= 4 is 5.84 Å². The fourth-order valence-corrected chi connectivity index (χ4v) is 0.180. The first-order chi connectivity index (χ1) is 3.77. The molecule has 0 saturated carbocycles. The molecule has 0 aromatic heterocycles. The third-order valence-corrected chi connectivity index (χ3v) is 0.346. The van der Waals surface area contributed by atoms with E-state index in [1.807, 2.05) is 20.8 Å².